The molecule has 3 heteroatoms. The molecule has 49 heavy (non-hydrogen) atoms. The molecule has 0 aromatic rings. The molecule has 5 aliphatic rings. The van der Waals surface area contributed by atoms with Crippen LogP contribution >= 0.6 is 0 Å². The highest BCUT2D eigenvalue weighted by molar-refractivity contribution is 5.69. The zero-order valence-electron chi connectivity index (χ0n) is 33.6. The topological polar surface area (TPSA) is 46.5 Å². The molecule has 0 aliphatic heterocycles. The minimum absolute atomic E-state index is 0.00593. The Morgan fingerprint density at radius 1 is 0.735 bits per heavy atom. The van der Waals surface area contributed by atoms with Crippen molar-refractivity contribution >= 4 is 5.97 Å². The fraction of sp³-hybridized carbons (Fsp3) is 0.935. The maximum absolute atomic E-state index is 13.2. The van der Waals surface area contributed by atoms with Gasteiger partial charge in [0.25, 0.3) is 0 Å². The Bertz CT molecular complexity index is 1110. The molecule has 10 atom stereocenters. The van der Waals surface area contributed by atoms with Gasteiger partial charge in [-0.15, -0.1) is 0 Å². The molecule has 0 saturated heterocycles. The number of hydrogen-bond donors (Lipinski definition) is 1. The molecule has 3 nitrogen and oxygen atoms in total. The Morgan fingerprint density at radius 2 is 1.35 bits per heavy atom. The van der Waals surface area contributed by atoms with Crippen LogP contribution in [0.1, 0.15) is 203 Å². The molecule has 0 amide bonds. The summed E-state index contributed by atoms with van der Waals surface area (Å²) in [5.41, 5.74) is 2.45. The molecular weight excluding hydrogens is 601 g/mol. The van der Waals surface area contributed by atoms with Crippen molar-refractivity contribution in [2.75, 3.05) is 6.61 Å². The summed E-state index contributed by atoms with van der Waals surface area (Å²) in [6.45, 7) is 22.6. The smallest absolute Gasteiger partial charge is 0.306 e. The van der Waals surface area contributed by atoms with Crippen molar-refractivity contribution in [3.63, 3.8) is 0 Å². The molecule has 0 aromatic carbocycles. The number of rotatable bonds is 16. The summed E-state index contributed by atoms with van der Waals surface area (Å²) in [5.74, 6) is 3.12. The van der Waals surface area contributed by atoms with Gasteiger partial charge >= 0.3 is 5.97 Å². The summed E-state index contributed by atoms with van der Waals surface area (Å²) in [7, 11) is 0. The van der Waals surface area contributed by atoms with Gasteiger partial charge in [0.15, 0.2) is 0 Å². The highest BCUT2D eigenvalue weighted by Crippen LogP contribution is 2.77. The Balaban J connectivity index is 1.12. The molecule has 10 unspecified atom stereocenters. The van der Waals surface area contributed by atoms with Gasteiger partial charge in [0.2, 0.25) is 0 Å². The van der Waals surface area contributed by atoms with E-state index in [2.05, 4.69) is 55.0 Å². The minimum Gasteiger partial charge on any atom is -0.462 e. The first kappa shape index (κ1) is 39.4. The molecule has 0 bridgehead atoms. The molecule has 0 heterocycles. The fourth-order valence-electron chi connectivity index (χ4n) is 14.1. The van der Waals surface area contributed by atoms with Crippen LogP contribution < -0.4 is 0 Å². The SMILES string of the molecule is C=C1CCC2(CO)CCC3(C)C(CCC4C5(C)CCC(OC(=O)CCCCCCCCCCCCCCC)C(C)(C)C5CCC43C)C2C1C. The second-order valence-corrected chi connectivity index (χ2v) is 20.0. The Labute approximate surface area is 304 Å². The lowest BCUT2D eigenvalue weighted by molar-refractivity contribution is -0.257. The van der Waals surface area contributed by atoms with Crippen LogP contribution in [0.15, 0.2) is 12.2 Å². The van der Waals surface area contributed by atoms with Crippen LogP contribution in [-0.4, -0.2) is 23.8 Å². The maximum atomic E-state index is 13.2. The minimum atomic E-state index is 0.00593. The van der Waals surface area contributed by atoms with Crippen LogP contribution in [0, 0.1) is 56.7 Å². The average Bonchev–Trinajstić information content (AvgIpc) is 3.06. The van der Waals surface area contributed by atoms with Crippen LogP contribution in [0.3, 0.4) is 0 Å². The first-order chi connectivity index (χ1) is 23.3. The van der Waals surface area contributed by atoms with Gasteiger partial charge in [0.05, 0.1) is 0 Å². The van der Waals surface area contributed by atoms with Crippen LogP contribution in [0.5, 0.6) is 0 Å². The van der Waals surface area contributed by atoms with Gasteiger partial charge in [-0.1, -0.05) is 138 Å². The third-order valence-electron chi connectivity index (χ3n) is 17.4. The van der Waals surface area contributed by atoms with Gasteiger partial charge in [-0.25, -0.2) is 0 Å². The van der Waals surface area contributed by atoms with Gasteiger partial charge in [0.1, 0.15) is 6.10 Å². The molecule has 282 valence electrons. The Morgan fingerprint density at radius 3 is 1.96 bits per heavy atom. The molecule has 5 fully saturated rings. The van der Waals surface area contributed by atoms with Crippen molar-refractivity contribution < 1.29 is 14.6 Å². The van der Waals surface area contributed by atoms with E-state index < -0.39 is 0 Å². The summed E-state index contributed by atoms with van der Waals surface area (Å²) < 4.78 is 6.41. The van der Waals surface area contributed by atoms with Crippen molar-refractivity contribution in [3.8, 4) is 0 Å². The zero-order valence-corrected chi connectivity index (χ0v) is 33.6. The van der Waals surface area contributed by atoms with Gasteiger partial charge < -0.3 is 9.84 Å². The first-order valence-electron chi connectivity index (χ1n) is 21.8. The summed E-state index contributed by atoms with van der Waals surface area (Å²) in [4.78, 5) is 13.2. The monoisotopic (exact) mass is 681 g/mol. The summed E-state index contributed by atoms with van der Waals surface area (Å²) in [6, 6.07) is 0. The molecule has 5 aliphatic carbocycles. The third-order valence-corrected chi connectivity index (χ3v) is 17.4. The number of hydrogen-bond acceptors (Lipinski definition) is 3. The van der Waals surface area contributed by atoms with Gasteiger partial charge in [0, 0.05) is 18.4 Å². The molecule has 0 radical (unpaired) electrons. The summed E-state index contributed by atoms with van der Waals surface area (Å²) >= 11 is 0. The number of carbonyl (C=O) groups excluding carboxylic acids is 1. The van der Waals surface area contributed by atoms with Gasteiger partial charge in [-0.05, 0) is 122 Å². The van der Waals surface area contributed by atoms with E-state index in [4.69, 9.17) is 4.74 Å². The standard InChI is InChI=1S/C46H80O3/c1-9-10-11-12-13-14-15-16-17-18-19-20-21-22-40(48)49-39-27-28-43(6)37(42(39,4)5)26-29-45(8)38(43)24-23-36-41-35(3)34(2)25-30-46(41,33-47)32-31-44(36,45)7/h35-39,41,47H,2,9-33H2,1,3-8H3. The van der Waals surface area contributed by atoms with Gasteiger partial charge in [-0.3, -0.25) is 4.79 Å². The average molecular weight is 681 g/mol. The molecule has 0 aromatic heterocycles. The van der Waals surface area contributed by atoms with E-state index in [1.165, 1.54) is 121 Å². The second-order valence-electron chi connectivity index (χ2n) is 20.0. The Hall–Kier alpha value is -0.830. The van der Waals surface area contributed by atoms with Crippen molar-refractivity contribution in [2.24, 2.45) is 56.7 Å². The van der Waals surface area contributed by atoms with Crippen molar-refractivity contribution in [2.45, 2.75) is 209 Å². The number of esters is 1. The van der Waals surface area contributed by atoms with E-state index in [-0.39, 0.29) is 28.3 Å². The molecule has 0 spiro atoms. The number of fused-ring (bicyclic) bond motifs is 7. The van der Waals surface area contributed by atoms with Crippen LogP contribution in [-0.2, 0) is 9.53 Å². The van der Waals surface area contributed by atoms with Crippen molar-refractivity contribution in [3.05, 3.63) is 12.2 Å². The van der Waals surface area contributed by atoms with E-state index in [1.54, 1.807) is 0 Å². The first-order valence-corrected chi connectivity index (χ1v) is 21.8. The lowest BCUT2D eigenvalue weighted by Crippen LogP contribution is -2.67. The predicted molar refractivity (Wildman–Crippen MR) is 206 cm³/mol. The number of unbranched alkanes of at least 4 members (excludes halogenated alkanes) is 12. The third kappa shape index (κ3) is 7.38. The predicted octanol–water partition coefficient (Wildman–Crippen LogP) is 13.0. The second kappa shape index (κ2) is 16.0. The molecule has 5 rings (SSSR count). The van der Waals surface area contributed by atoms with Gasteiger partial charge in [-0.2, -0.15) is 0 Å². The largest absolute Gasteiger partial charge is 0.462 e. The van der Waals surface area contributed by atoms with Crippen molar-refractivity contribution in [1.29, 1.82) is 0 Å². The van der Waals surface area contributed by atoms with Crippen LogP contribution in [0.2, 0.25) is 0 Å². The summed E-state index contributed by atoms with van der Waals surface area (Å²) in [6.07, 6.45) is 30.0. The lowest BCUT2D eigenvalue weighted by Gasteiger charge is -2.74. The maximum Gasteiger partial charge on any atom is 0.306 e. The quantitative estimate of drug-likeness (QED) is 0.100. The van der Waals surface area contributed by atoms with Crippen molar-refractivity contribution in [1.82, 2.24) is 0 Å². The number of allylic oxidation sites excluding steroid dienone is 1. The van der Waals surface area contributed by atoms with Crippen LogP contribution in [0.4, 0.5) is 0 Å². The number of aliphatic hydroxyl groups excluding tert-OH is 1. The number of aliphatic hydroxyl groups is 1. The molecular formula is C46H80O3. The number of ether oxygens (including phenoxy) is 1. The molecule has 5 saturated carbocycles. The van der Waals surface area contributed by atoms with E-state index >= 15 is 0 Å². The molecule has 1 N–H and O–H groups in total. The lowest BCUT2D eigenvalue weighted by atomic mass is 9.31. The zero-order chi connectivity index (χ0) is 35.5. The summed E-state index contributed by atoms with van der Waals surface area (Å²) in [5, 5.41) is 10.9. The number of carbonyl (C=O) groups is 1. The Kier molecular flexibility index (Phi) is 12.9. The van der Waals surface area contributed by atoms with Crippen LogP contribution in [0.25, 0.3) is 0 Å². The highest BCUT2D eigenvalue weighted by atomic mass is 16.5. The van der Waals surface area contributed by atoms with E-state index in [0.717, 1.165) is 32.1 Å². The highest BCUT2D eigenvalue weighted by Gasteiger charge is 2.70. The fourth-order valence-corrected chi connectivity index (χ4v) is 14.1. The van der Waals surface area contributed by atoms with E-state index in [9.17, 15) is 9.90 Å². The van der Waals surface area contributed by atoms with E-state index in [1.807, 2.05) is 0 Å². The van der Waals surface area contributed by atoms with E-state index in [0.29, 0.717) is 53.4 Å². The normalized spacial score (nSPS) is 41.3.